The summed E-state index contributed by atoms with van der Waals surface area (Å²) >= 11 is 0. The van der Waals surface area contributed by atoms with Gasteiger partial charge < -0.3 is 15.1 Å². The Kier molecular flexibility index (Phi) is 10.0. The summed E-state index contributed by atoms with van der Waals surface area (Å²) in [6.07, 6.45) is 0. The van der Waals surface area contributed by atoms with Crippen molar-refractivity contribution >= 4 is 45.9 Å². The fraction of sp³-hybridized carbons (Fsp3) is 0.846. The van der Waals surface area contributed by atoms with Gasteiger partial charge in [-0.2, -0.15) is 0 Å². The summed E-state index contributed by atoms with van der Waals surface area (Å²) in [4.78, 5) is 19.3. The van der Waals surface area contributed by atoms with E-state index in [1.165, 1.54) is 0 Å². The zero-order valence-electron chi connectivity index (χ0n) is 14.2. The molecule has 0 unspecified atom stereocenters. The topological polar surface area (TPSA) is 94.1 Å². The second-order valence-corrected chi connectivity index (χ2v) is 7.43. The summed E-state index contributed by atoms with van der Waals surface area (Å²) in [5.74, 6) is 0.744. The smallest absolute Gasteiger partial charge is 0.219 e. The van der Waals surface area contributed by atoms with E-state index in [9.17, 15) is 13.2 Å². The first-order chi connectivity index (χ1) is 10.2. The fourth-order valence-corrected chi connectivity index (χ4v) is 3.49. The summed E-state index contributed by atoms with van der Waals surface area (Å²) in [5, 5.41) is 3.07. The van der Waals surface area contributed by atoms with Crippen LogP contribution < -0.4 is 10.0 Å². The Hall–Kier alpha value is -0.620. The number of piperazine rings is 1. The molecule has 1 amide bonds. The second-order valence-electron chi connectivity index (χ2n) is 5.56. The molecule has 1 aliphatic rings. The Labute approximate surface area is 156 Å². The van der Waals surface area contributed by atoms with Crippen molar-refractivity contribution in [1.82, 2.24) is 19.8 Å². The number of nitrogens with one attached hydrogen (secondary N) is 2. The largest absolute Gasteiger partial charge is 0.355 e. The molecular formula is C13H28IN5O3S. The predicted octanol–water partition coefficient (Wildman–Crippen LogP) is -0.328. The normalized spacial score (nSPS) is 16.3. The van der Waals surface area contributed by atoms with Gasteiger partial charge in [-0.25, -0.2) is 13.1 Å². The van der Waals surface area contributed by atoms with Gasteiger partial charge in [0.15, 0.2) is 5.96 Å². The monoisotopic (exact) mass is 461 g/mol. The molecule has 1 saturated heterocycles. The first kappa shape index (κ1) is 22.4. The number of nitrogens with zero attached hydrogens (tertiary/aromatic N) is 3. The van der Waals surface area contributed by atoms with Gasteiger partial charge in [0.1, 0.15) is 0 Å². The van der Waals surface area contributed by atoms with Crippen LogP contribution in [-0.4, -0.2) is 81.7 Å². The van der Waals surface area contributed by atoms with Gasteiger partial charge in [-0.15, -0.1) is 24.0 Å². The zero-order valence-corrected chi connectivity index (χ0v) is 17.3. The number of carbonyl (C=O) groups is 1. The lowest BCUT2D eigenvalue weighted by Gasteiger charge is -2.36. The number of sulfonamides is 1. The number of amides is 1. The zero-order chi connectivity index (χ0) is 16.8. The molecule has 8 nitrogen and oxygen atoms in total. The Morgan fingerprint density at radius 3 is 2.13 bits per heavy atom. The maximum Gasteiger partial charge on any atom is 0.219 e. The van der Waals surface area contributed by atoms with Gasteiger partial charge in [0.25, 0.3) is 0 Å². The van der Waals surface area contributed by atoms with Gasteiger partial charge in [-0.1, -0.05) is 0 Å². The molecule has 0 radical (unpaired) electrons. The quantitative estimate of drug-likeness (QED) is 0.332. The molecule has 0 aromatic heterocycles. The number of hydrogen-bond acceptors (Lipinski definition) is 4. The van der Waals surface area contributed by atoms with E-state index in [0.717, 1.165) is 0 Å². The third-order valence-corrected chi connectivity index (χ3v) is 4.88. The van der Waals surface area contributed by atoms with Gasteiger partial charge >= 0.3 is 0 Å². The Morgan fingerprint density at radius 2 is 1.70 bits per heavy atom. The van der Waals surface area contributed by atoms with Crippen molar-refractivity contribution in [2.45, 2.75) is 26.8 Å². The van der Waals surface area contributed by atoms with E-state index in [4.69, 9.17) is 0 Å². The number of aliphatic imine (C=N–C) groups is 1. The maximum absolute atomic E-state index is 11.8. The van der Waals surface area contributed by atoms with Crippen LogP contribution in [0.1, 0.15) is 20.8 Å². The lowest BCUT2D eigenvalue weighted by molar-refractivity contribution is -0.130. The van der Waals surface area contributed by atoms with Crippen molar-refractivity contribution in [3.05, 3.63) is 0 Å². The van der Waals surface area contributed by atoms with Gasteiger partial charge in [0, 0.05) is 52.7 Å². The summed E-state index contributed by atoms with van der Waals surface area (Å²) in [6.45, 7) is 8.13. The van der Waals surface area contributed by atoms with Crippen LogP contribution in [0, 0.1) is 0 Å². The van der Waals surface area contributed by atoms with Gasteiger partial charge in [-0.3, -0.25) is 9.79 Å². The van der Waals surface area contributed by atoms with Crippen LogP contribution >= 0.6 is 24.0 Å². The number of carbonyl (C=O) groups excluding carboxylic acids is 1. The summed E-state index contributed by atoms with van der Waals surface area (Å²) in [6, 6.07) is -0.107. The lowest BCUT2D eigenvalue weighted by Crippen LogP contribution is -2.54. The lowest BCUT2D eigenvalue weighted by atomic mass is 10.3. The van der Waals surface area contributed by atoms with Gasteiger partial charge in [0.05, 0.1) is 5.75 Å². The highest BCUT2D eigenvalue weighted by Gasteiger charge is 2.21. The Balaban J connectivity index is 0.00000484. The third kappa shape index (κ3) is 8.15. The first-order valence-corrected chi connectivity index (χ1v) is 9.11. The number of guanidine groups is 1. The molecule has 0 aliphatic carbocycles. The number of hydrogen-bond donors (Lipinski definition) is 2. The van der Waals surface area contributed by atoms with E-state index in [2.05, 4.69) is 15.0 Å². The molecule has 2 N–H and O–H groups in total. The Morgan fingerprint density at radius 1 is 1.17 bits per heavy atom. The number of halogens is 1. The highest BCUT2D eigenvalue weighted by molar-refractivity contribution is 14.0. The van der Waals surface area contributed by atoms with Crippen molar-refractivity contribution in [1.29, 1.82) is 0 Å². The van der Waals surface area contributed by atoms with Crippen LogP contribution in [0.4, 0.5) is 0 Å². The second kappa shape index (κ2) is 10.3. The van der Waals surface area contributed by atoms with E-state index in [1.807, 2.05) is 4.90 Å². The minimum Gasteiger partial charge on any atom is -0.355 e. The molecule has 1 rings (SSSR count). The van der Waals surface area contributed by atoms with Crippen LogP contribution in [0.15, 0.2) is 4.99 Å². The van der Waals surface area contributed by atoms with E-state index in [0.29, 0.717) is 38.7 Å². The molecule has 0 spiro atoms. The highest BCUT2D eigenvalue weighted by atomic mass is 127. The average Bonchev–Trinajstić information content (AvgIpc) is 2.42. The molecule has 0 aromatic rings. The maximum atomic E-state index is 11.8. The molecule has 1 fully saturated rings. The average molecular weight is 461 g/mol. The van der Waals surface area contributed by atoms with Crippen LogP contribution in [0.2, 0.25) is 0 Å². The Bertz CT molecular complexity index is 502. The van der Waals surface area contributed by atoms with Crippen molar-refractivity contribution in [3.8, 4) is 0 Å². The van der Waals surface area contributed by atoms with Crippen LogP contribution in [-0.2, 0) is 14.8 Å². The third-order valence-electron chi connectivity index (χ3n) is 3.31. The van der Waals surface area contributed by atoms with Gasteiger partial charge in [0.2, 0.25) is 15.9 Å². The van der Waals surface area contributed by atoms with Gasteiger partial charge in [-0.05, 0) is 13.8 Å². The summed E-state index contributed by atoms with van der Waals surface area (Å²) < 4.78 is 26.1. The molecule has 0 aromatic carbocycles. The van der Waals surface area contributed by atoms with Crippen molar-refractivity contribution < 1.29 is 13.2 Å². The standard InChI is InChI=1S/C13H27N5O3S.HI/c1-11(2)16-22(20,21)10-5-15-13(14-4)18-8-6-17(7-9-18)12(3)19;/h11,16H,5-10H2,1-4H3,(H,14,15);1H. The van der Waals surface area contributed by atoms with E-state index in [-0.39, 0.29) is 41.7 Å². The van der Waals surface area contributed by atoms with Crippen LogP contribution in [0.5, 0.6) is 0 Å². The molecule has 136 valence electrons. The summed E-state index contributed by atoms with van der Waals surface area (Å²) in [7, 11) is -1.61. The fourth-order valence-electron chi connectivity index (χ4n) is 2.28. The molecule has 0 bridgehead atoms. The van der Waals surface area contributed by atoms with E-state index >= 15 is 0 Å². The minimum absolute atomic E-state index is 0. The highest BCUT2D eigenvalue weighted by Crippen LogP contribution is 2.02. The molecule has 0 atom stereocenters. The van der Waals surface area contributed by atoms with Crippen molar-refractivity contribution in [2.24, 2.45) is 4.99 Å². The molecule has 0 saturated carbocycles. The molecule has 23 heavy (non-hydrogen) atoms. The minimum atomic E-state index is -3.27. The van der Waals surface area contributed by atoms with Crippen molar-refractivity contribution in [2.75, 3.05) is 45.5 Å². The number of rotatable bonds is 5. The van der Waals surface area contributed by atoms with E-state index in [1.54, 1.807) is 32.7 Å². The molecule has 1 aliphatic heterocycles. The summed E-state index contributed by atoms with van der Waals surface area (Å²) in [5.41, 5.74) is 0. The molecule has 10 heteroatoms. The van der Waals surface area contributed by atoms with Crippen molar-refractivity contribution in [3.63, 3.8) is 0 Å². The molecular weight excluding hydrogens is 433 g/mol. The van der Waals surface area contributed by atoms with Crippen LogP contribution in [0.3, 0.4) is 0 Å². The van der Waals surface area contributed by atoms with E-state index < -0.39 is 10.0 Å². The van der Waals surface area contributed by atoms with Crippen LogP contribution in [0.25, 0.3) is 0 Å². The molecule has 1 heterocycles. The SMILES string of the molecule is CN=C(NCCS(=O)(=O)NC(C)C)N1CCN(C(C)=O)CC1.I. The first-order valence-electron chi connectivity index (χ1n) is 7.46. The predicted molar refractivity (Wildman–Crippen MR) is 103 cm³/mol.